The van der Waals surface area contributed by atoms with Gasteiger partial charge in [-0.2, -0.15) is 0 Å². The van der Waals surface area contributed by atoms with Gasteiger partial charge in [0, 0.05) is 0 Å². The van der Waals surface area contributed by atoms with E-state index in [1.807, 2.05) is 18.2 Å². The minimum atomic E-state index is -1.05. The monoisotopic (exact) mass is 403 g/mol. The summed E-state index contributed by atoms with van der Waals surface area (Å²) in [5.41, 5.74) is 1.16. The summed E-state index contributed by atoms with van der Waals surface area (Å²) in [5.74, 6) is 0.199. The largest absolute Gasteiger partial charge is 0.457 e. The average Bonchev–Trinajstić information content (AvgIpc) is 3.24. The molecule has 1 unspecified atom stereocenters. The number of carbonyl (C=O) groups is 2. The number of nitrogens with one attached hydrogen (secondary N) is 2. The number of benzene rings is 2. The average molecular weight is 403 g/mol. The summed E-state index contributed by atoms with van der Waals surface area (Å²) in [7, 11) is 0. The second kappa shape index (κ2) is 8.39. The normalized spacial score (nSPS) is 11.6. The highest BCUT2D eigenvalue weighted by atomic mass is 16.5. The van der Waals surface area contributed by atoms with Crippen molar-refractivity contribution in [1.29, 1.82) is 0 Å². The number of aromatic nitrogens is 4. The Labute approximate surface area is 171 Å². The first-order valence-corrected chi connectivity index (χ1v) is 9.09. The van der Waals surface area contributed by atoms with Gasteiger partial charge in [-0.3, -0.25) is 4.79 Å². The molecule has 0 bridgehead atoms. The fraction of sp³-hybridized carbons (Fsp3) is 0.0952. The molecule has 4 aromatic rings. The fourth-order valence-electron chi connectivity index (χ4n) is 2.67. The third-order valence-corrected chi connectivity index (χ3v) is 4.17. The van der Waals surface area contributed by atoms with Crippen LogP contribution in [0.1, 0.15) is 17.3 Å². The van der Waals surface area contributed by atoms with Crippen molar-refractivity contribution in [1.82, 2.24) is 19.9 Å². The van der Waals surface area contributed by atoms with Crippen LogP contribution in [0.3, 0.4) is 0 Å². The molecule has 9 nitrogen and oxygen atoms in total. The Bertz CT molecular complexity index is 1190. The lowest BCUT2D eigenvalue weighted by atomic mass is 10.2. The highest BCUT2D eigenvalue weighted by Gasteiger charge is 2.21. The molecule has 2 N–H and O–H groups in total. The SMILES string of the molecule is CC(OC(=O)c1cccc(Oc2ccccc2)c1)C(=O)Nc1ncnc2nc[nH]c12. The van der Waals surface area contributed by atoms with Crippen molar-refractivity contribution in [2.24, 2.45) is 0 Å². The number of hydrogen-bond acceptors (Lipinski definition) is 7. The van der Waals surface area contributed by atoms with E-state index in [2.05, 4.69) is 25.3 Å². The van der Waals surface area contributed by atoms with Gasteiger partial charge < -0.3 is 19.8 Å². The number of aromatic amines is 1. The number of carbonyl (C=O) groups excluding carboxylic acids is 2. The predicted molar refractivity (Wildman–Crippen MR) is 108 cm³/mol. The molecule has 2 heterocycles. The van der Waals surface area contributed by atoms with Crippen LogP contribution >= 0.6 is 0 Å². The molecule has 0 saturated heterocycles. The van der Waals surface area contributed by atoms with E-state index in [4.69, 9.17) is 9.47 Å². The van der Waals surface area contributed by atoms with Crippen LogP contribution in [0.25, 0.3) is 11.2 Å². The van der Waals surface area contributed by atoms with Crippen molar-refractivity contribution in [3.05, 3.63) is 72.8 Å². The number of para-hydroxylation sites is 1. The van der Waals surface area contributed by atoms with Gasteiger partial charge >= 0.3 is 5.97 Å². The third kappa shape index (κ3) is 4.25. The maximum Gasteiger partial charge on any atom is 0.339 e. The standard InChI is InChI=1S/C21H17N5O4/c1-13(20(27)26-19-17-18(23-11-22-17)24-12-25-19)29-21(28)14-6-5-9-16(10-14)30-15-7-3-2-4-8-15/h2-13H,1H3,(H2,22,23,24,25,26,27). The first-order chi connectivity index (χ1) is 14.6. The van der Waals surface area contributed by atoms with Gasteiger partial charge in [0.05, 0.1) is 11.9 Å². The Morgan fingerprint density at radius 2 is 1.80 bits per heavy atom. The summed E-state index contributed by atoms with van der Waals surface area (Å²) in [4.78, 5) is 39.8. The molecule has 0 spiro atoms. The number of nitrogens with zero attached hydrogens (tertiary/aromatic N) is 3. The molecule has 2 aromatic heterocycles. The van der Waals surface area contributed by atoms with Gasteiger partial charge in [-0.1, -0.05) is 24.3 Å². The Balaban J connectivity index is 1.41. The van der Waals surface area contributed by atoms with Crippen molar-refractivity contribution in [2.75, 3.05) is 5.32 Å². The minimum Gasteiger partial charge on any atom is -0.457 e. The summed E-state index contributed by atoms with van der Waals surface area (Å²) in [6.07, 6.45) is 1.68. The summed E-state index contributed by atoms with van der Waals surface area (Å²) >= 11 is 0. The lowest BCUT2D eigenvalue weighted by Crippen LogP contribution is -2.30. The van der Waals surface area contributed by atoms with Gasteiger partial charge in [-0.15, -0.1) is 0 Å². The minimum absolute atomic E-state index is 0.253. The van der Waals surface area contributed by atoms with E-state index >= 15 is 0 Å². The van der Waals surface area contributed by atoms with Gasteiger partial charge in [-0.25, -0.2) is 19.7 Å². The van der Waals surface area contributed by atoms with E-state index in [0.29, 0.717) is 22.7 Å². The van der Waals surface area contributed by atoms with Crippen LogP contribution in [-0.2, 0) is 9.53 Å². The number of hydrogen-bond donors (Lipinski definition) is 2. The molecule has 30 heavy (non-hydrogen) atoms. The predicted octanol–water partition coefficient (Wildman–Crippen LogP) is 3.33. The van der Waals surface area contributed by atoms with E-state index in [1.165, 1.54) is 19.6 Å². The van der Waals surface area contributed by atoms with Crippen LogP contribution in [0.4, 0.5) is 5.82 Å². The zero-order valence-corrected chi connectivity index (χ0v) is 15.9. The second-order valence-electron chi connectivity index (χ2n) is 6.30. The lowest BCUT2D eigenvalue weighted by Gasteiger charge is -2.14. The highest BCUT2D eigenvalue weighted by Crippen LogP contribution is 2.22. The number of esters is 1. The van der Waals surface area contributed by atoms with Crippen molar-refractivity contribution in [3.8, 4) is 11.5 Å². The molecule has 2 aromatic carbocycles. The van der Waals surface area contributed by atoms with E-state index in [-0.39, 0.29) is 11.4 Å². The Morgan fingerprint density at radius 1 is 1.00 bits per heavy atom. The molecule has 150 valence electrons. The number of amides is 1. The number of H-pyrrole nitrogens is 1. The molecule has 0 aliphatic heterocycles. The van der Waals surface area contributed by atoms with Crippen LogP contribution in [0.5, 0.6) is 11.5 Å². The first-order valence-electron chi connectivity index (χ1n) is 9.09. The molecule has 1 atom stereocenters. The number of imidazole rings is 1. The first kappa shape index (κ1) is 19.1. The van der Waals surface area contributed by atoms with Gasteiger partial charge in [0.25, 0.3) is 5.91 Å². The number of fused-ring (bicyclic) bond motifs is 1. The Hall–Kier alpha value is -4.27. The second-order valence-corrected chi connectivity index (χ2v) is 6.30. The maximum atomic E-state index is 12.5. The van der Waals surface area contributed by atoms with Crippen LogP contribution in [0.2, 0.25) is 0 Å². The van der Waals surface area contributed by atoms with Crippen LogP contribution < -0.4 is 10.1 Å². The van der Waals surface area contributed by atoms with Crippen molar-refractivity contribution in [3.63, 3.8) is 0 Å². The summed E-state index contributed by atoms with van der Waals surface area (Å²) < 4.78 is 11.0. The lowest BCUT2D eigenvalue weighted by molar-refractivity contribution is -0.123. The summed E-state index contributed by atoms with van der Waals surface area (Å²) in [5, 5.41) is 2.61. The topological polar surface area (TPSA) is 119 Å². The molecule has 0 aliphatic rings. The maximum absolute atomic E-state index is 12.5. The smallest absolute Gasteiger partial charge is 0.339 e. The molecule has 0 radical (unpaired) electrons. The molecule has 0 aliphatic carbocycles. The molecule has 4 rings (SSSR count). The van der Waals surface area contributed by atoms with E-state index in [1.54, 1.807) is 36.4 Å². The zero-order valence-electron chi connectivity index (χ0n) is 15.9. The van der Waals surface area contributed by atoms with Crippen molar-refractivity contribution in [2.45, 2.75) is 13.0 Å². The Kier molecular flexibility index (Phi) is 5.33. The Morgan fingerprint density at radius 3 is 2.63 bits per heavy atom. The van der Waals surface area contributed by atoms with E-state index < -0.39 is 18.0 Å². The van der Waals surface area contributed by atoms with Crippen LogP contribution in [0, 0.1) is 0 Å². The highest BCUT2D eigenvalue weighted by molar-refractivity contribution is 6.00. The molecular formula is C21H17N5O4. The fourth-order valence-corrected chi connectivity index (χ4v) is 2.67. The molecule has 9 heteroatoms. The summed E-state index contributed by atoms with van der Waals surface area (Å²) in [6.45, 7) is 1.48. The van der Waals surface area contributed by atoms with Crippen molar-refractivity contribution >= 4 is 28.9 Å². The third-order valence-electron chi connectivity index (χ3n) is 4.17. The molecule has 0 saturated carbocycles. The van der Waals surface area contributed by atoms with Crippen molar-refractivity contribution < 1.29 is 19.1 Å². The van der Waals surface area contributed by atoms with E-state index in [9.17, 15) is 9.59 Å². The quantitative estimate of drug-likeness (QED) is 0.474. The molecule has 0 fully saturated rings. The van der Waals surface area contributed by atoms with Gasteiger partial charge in [0.15, 0.2) is 17.6 Å². The van der Waals surface area contributed by atoms with E-state index in [0.717, 1.165) is 0 Å². The zero-order chi connectivity index (χ0) is 20.9. The van der Waals surface area contributed by atoms with Gasteiger partial charge in [0.1, 0.15) is 23.3 Å². The summed E-state index contributed by atoms with van der Waals surface area (Å²) in [6, 6.07) is 15.7. The number of rotatable bonds is 6. The molecular weight excluding hydrogens is 386 g/mol. The molecule has 1 amide bonds. The van der Waals surface area contributed by atoms with Gasteiger partial charge in [-0.05, 0) is 37.3 Å². The number of ether oxygens (including phenoxy) is 2. The van der Waals surface area contributed by atoms with Gasteiger partial charge in [0.2, 0.25) is 0 Å². The van der Waals surface area contributed by atoms with Crippen LogP contribution in [0.15, 0.2) is 67.3 Å². The number of anilines is 1. The van der Waals surface area contributed by atoms with Crippen LogP contribution in [-0.4, -0.2) is 37.9 Å².